The molecule has 1 amide bonds. The monoisotopic (exact) mass is 645 g/mol. The lowest BCUT2D eigenvalue weighted by molar-refractivity contribution is 0.0218. The van der Waals surface area contributed by atoms with E-state index in [0.29, 0.717) is 37.0 Å². The summed E-state index contributed by atoms with van der Waals surface area (Å²) >= 11 is 0. The molecule has 2 fully saturated rings. The summed E-state index contributed by atoms with van der Waals surface area (Å²) < 4.78 is 7.34. The standard InChI is InChI=1S/C38H43N7O3/c1-22(2)30-33(23(3)15-17-40-30)45-35-29(34(42-36(45)46)44-19-18-43(21-24(44)4)37(47)48-38(5,6)7)20-28(25-13-14-25)32(41-35)27-12-8-10-26-11-9-16-39-31(26)27/h8-12,15-17,20,22,24-25H,13-14,18-19,21H2,1-7H3. The number of fused-ring (bicyclic) bond motifs is 2. The smallest absolute Gasteiger partial charge is 0.410 e. The van der Waals surface area contributed by atoms with Crippen LogP contribution in [0.15, 0.2) is 59.7 Å². The number of piperazine rings is 1. The Kier molecular flexibility index (Phi) is 7.92. The fraction of sp³-hybridized carbons (Fsp3) is 0.421. The number of ether oxygens (including phenoxy) is 1. The number of amides is 1. The molecule has 5 aromatic rings. The van der Waals surface area contributed by atoms with E-state index in [1.165, 1.54) is 0 Å². The highest BCUT2D eigenvalue weighted by atomic mass is 16.6. The number of anilines is 1. The molecule has 10 nitrogen and oxygen atoms in total. The first kappa shape index (κ1) is 31.7. The van der Waals surface area contributed by atoms with Crippen LogP contribution in [0.4, 0.5) is 10.6 Å². The SMILES string of the molecule is Cc1ccnc(C(C)C)c1-n1c(=O)nc(N2CCN(C(=O)OC(C)(C)C)CC2C)c2cc(C3CC3)c(-c3cccc4cccnc34)nc21. The molecular formula is C38H43N7O3. The van der Waals surface area contributed by atoms with E-state index in [2.05, 4.69) is 49.9 Å². The molecule has 2 aliphatic rings. The number of pyridine rings is 3. The number of carbonyl (C=O) groups is 1. The van der Waals surface area contributed by atoms with Crippen LogP contribution in [0.1, 0.15) is 83.0 Å². The van der Waals surface area contributed by atoms with Gasteiger partial charge < -0.3 is 14.5 Å². The lowest BCUT2D eigenvalue weighted by Gasteiger charge is -2.41. The van der Waals surface area contributed by atoms with Gasteiger partial charge in [-0.2, -0.15) is 4.98 Å². The van der Waals surface area contributed by atoms with Crippen LogP contribution in [-0.4, -0.2) is 66.8 Å². The molecule has 1 unspecified atom stereocenters. The topological polar surface area (TPSA) is 106 Å². The molecule has 248 valence electrons. The largest absolute Gasteiger partial charge is 0.444 e. The van der Waals surface area contributed by atoms with E-state index in [1.54, 1.807) is 15.7 Å². The van der Waals surface area contributed by atoms with Crippen molar-refractivity contribution in [1.29, 1.82) is 0 Å². The number of hydrogen-bond donors (Lipinski definition) is 0. The summed E-state index contributed by atoms with van der Waals surface area (Å²) in [5.41, 5.74) is 5.81. The van der Waals surface area contributed by atoms with Gasteiger partial charge in [-0.1, -0.05) is 38.1 Å². The number of hydrogen-bond acceptors (Lipinski definition) is 8. The molecule has 10 heteroatoms. The zero-order chi connectivity index (χ0) is 33.9. The number of aromatic nitrogens is 5. The Hall–Kier alpha value is -4.86. The van der Waals surface area contributed by atoms with E-state index >= 15 is 0 Å². The number of carbonyl (C=O) groups excluding carboxylic acids is 1. The van der Waals surface area contributed by atoms with Crippen LogP contribution in [0, 0.1) is 6.92 Å². The molecule has 7 rings (SSSR count). The highest BCUT2D eigenvalue weighted by Crippen LogP contribution is 2.46. The van der Waals surface area contributed by atoms with Crippen LogP contribution < -0.4 is 10.6 Å². The molecule has 0 radical (unpaired) electrons. The molecule has 5 heterocycles. The van der Waals surface area contributed by atoms with Crippen LogP contribution in [0.5, 0.6) is 0 Å². The van der Waals surface area contributed by atoms with Crippen molar-refractivity contribution in [2.24, 2.45) is 0 Å². The van der Waals surface area contributed by atoms with Crippen molar-refractivity contribution < 1.29 is 9.53 Å². The molecule has 0 bridgehead atoms. The molecule has 1 atom stereocenters. The van der Waals surface area contributed by atoms with Crippen molar-refractivity contribution >= 4 is 33.8 Å². The fourth-order valence-electron chi connectivity index (χ4n) is 6.83. The van der Waals surface area contributed by atoms with Gasteiger partial charge in [-0.15, -0.1) is 0 Å². The second-order valence-electron chi connectivity index (χ2n) is 14.5. The highest BCUT2D eigenvalue weighted by Gasteiger charge is 2.34. The first-order valence-electron chi connectivity index (χ1n) is 16.9. The Labute approximate surface area is 280 Å². The zero-order valence-corrected chi connectivity index (χ0v) is 28.8. The fourth-order valence-corrected chi connectivity index (χ4v) is 6.83. The van der Waals surface area contributed by atoms with Crippen LogP contribution >= 0.6 is 0 Å². The molecule has 0 spiro atoms. The summed E-state index contributed by atoms with van der Waals surface area (Å²) in [5.74, 6) is 1.01. The maximum absolute atomic E-state index is 14.4. The average Bonchev–Trinajstić information content (AvgIpc) is 3.89. The molecule has 1 saturated carbocycles. The molecule has 1 aliphatic carbocycles. The number of para-hydroxylation sites is 1. The van der Waals surface area contributed by atoms with E-state index in [1.807, 2.05) is 52.1 Å². The van der Waals surface area contributed by atoms with Crippen LogP contribution in [-0.2, 0) is 4.74 Å². The minimum absolute atomic E-state index is 0.0648. The van der Waals surface area contributed by atoms with E-state index in [9.17, 15) is 9.59 Å². The number of nitrogens with zero attached hydrogens (tertiary/aromatic N) is 7. The Morgan fingerprint density at radius 3 is 2.48 bits per heavy atom. The van der Waals surface area contributed by atoms with Crippen LogP contribution in [0.2, 0.25) is 0 Å². The lowest BCUT2D eigenvalue weighted by atomic mass is 9.98. The average molecular weight is 646 g/mol. The van der Waals surface area contributed by atoms with Gasteiger partial charge in [0.1, 0.15) is 11.4 Å². The predicted molar refractivity (Wildman–Crippen MR) is 189 cm³/mol. The minimum Gasteiger partial charge on any atom is -0.444 e. The second-order valence-corrected chi connectivity index (χ2v) is 14.5. The van der Waals surface area contributed by atoms with Gasteiger partial charge in [0.25, 0.3) is 0 Å². The van der Waals surface area contributed by atoms with E-state index < -0.39 is 11.3 Å². The van der Waals surface area contributed by atoms with Gasteiger partial charge in [-0.3, -0.25) is 9.97 Å². The Morgan fingerprint density at radius 1 is 1.00 bits per heavy atom. The number of rotatable bonds is 5. The molecular weight excluding hydrogens is 602 g/mol. The van der Waals surface area contributed by atoms with Crippen molar-refractivity contribution in [3.63, 3.8) is 0 Å². The van der Waals surface area contributed by atoms with Gasteiger partial charge in [-0.25, -0.2) is 19.1 Å². The molecule has 1 aliphatic heterocycles. The summed E-state index contributed by atoms with van der Waals surface area (Å²) in [6, 6.07) is 14.2. The Morgan fingerprint density at radius 2 is 1.77 bits per heavy atom. The summed E-state index contributed by atoms with van der Waals surface area (Å²) in [7, 11) is 0. The maximum Gasteiger partial charge on any atom is 0.410 e. The third-order valence-electron chi connectivity index (χ3n) is 9.26. The second kappa shape index (κ2) is 12.0. The van der Waals surface area contributed by atoms with Gasteiger partial charge in [0.05, 0.1) is 28.0 Å². The van der Waals surface area contributed by atoms with Gasteiger partial charge in [0, 0.05) is 49.0 Å². The number of aryl methyl sites for hydroxylation is 1. The first-order valence-corrected chi connectivity index (χ1v) is 16.9. The Balaban J connectivity index is 1.47. The van der Waals surface area contributed by atoms with Crippen LogP contribution in [0.25, 0.3) is 38.9 Å². The van der Waals surface area contributed by atoms with Crippen molar-refractivity contribution in [3.05, 3.63) is 82.2 Å². The molecule has 4 aromatic heterocycles. The third-order valence-corrected chi connectivity index (χ3v) is 9.26. The van der Waals surface area contributed by atoms with E-state index in [0.717, 1.165) is 62.9 Å². The zero-order valence-electron chi connectivity index (χ0n) is 28.8. The molecule has 1 saturated heterocycles. The van der Waals surface area contributed by atoms with Gasteiger partial charge in [0.15, 0.2) is 5.65 Å². The first-order chi connectivity index (χ1) is 22.9. The molecule has 48 heavy (non-hydrogen) atoms. The normalized spacial score (nSPS) is 17.0. The van der Waals surface area contributed by atoms with Gasteiger partial charge in [-0.05, 0) is 88.6 Å². The van der Waals surface area contributed by atoms with E-state index in [4.69, 9.17) is 24.7 Å². The van der Waals surface area contributed by atoms with Crippen molar-refractivity contribution in [2.45, 2.75) is 84.8 Å². The quantitative estimate of drug-likeness (QED) is 0.199. The Bertz CT molecular complexity index is 2110. The highest BCUT2D eigenvalue weighted by molar-refractivity contribution is 5.97. The van der Waals surface area contributed by atoms with Crippen LogP contribution in [0.3, 0.4) is 0 Å². The maximum atomic E-state index is 14.4. The van der Waals surface area contributed by atoms with E-state index in [-0.39, 0.29) is 18.1 Å². The number of benzene rings is 1. The predicted octanol–water partition coefficient (Wildman–Crippen LogP) is 7.15. The molecule has 1 aromatic carbocycles. The van der Waals surface area contributed by atoms with Crippen molar-refractivity contribution in [1.82, 2.24) is 29.4 Å². The summed E-state index contributed by atoms with van der Waals surface area (Å²) in [6.45, 7) is 15.2. The van der Waals surface area contributed by atoms with Crippen molar-refractivity contribution in [3.8, 4) is 16.9 Å². The van der Waals surface area contributed by atoms with Gasteiger partial charge in [0.2, 0.25) is 0 Å². The summed E-state index contributed by atoms with van der Waals surface area (Å²) in [4.78, 5) is 51.0. The third kappa shape index (κ3) is 5.77. The lowest BCUT2D eigenvalue weighted by Crippen LogP contribution is -2.55. The van der Waals surface area contributed by atoms with Gasteiger partial charge >= 0.3 is 11.8 Å². The summed E-state index contributed by atoms with van der Waals surface area (Å²) in [6.07, 6.45) is 5.42. The van der Waals surface area contributed by atoms with Crippen molar-refractivity contribution in [2.75, 3.05) is 24.5 Å². The summed E-state index contributed by atoms with van der Waals surface area (Å²) in [5, 5.41) is 1.84. The molecule has 0 N–H and O–H groups in total. The minimum atomic E-state index is -0.582.